The number of hydrogen-bond donors (Lipinski definition) is 2. The van der Waals surface area contributed by atoms with Gasteiger partial charge in [0.15, 0.2) is 5.65 Å². The minimum absolute atomic E-state index is 0. The zero-order valence-electron chi connectivity index (χ0n) is 14.0. The molecule has 1 fully saturated rings. The van der Waals surface area contributed by atoms with E-state index in [1.807, 2.05) is 26.8 Å². The van der Waals surface area contributed by atoms with Crippen LogP contribution in [0, 0.1) is 26.7 Å². The molecule has 2 atom stereocenters. The van der Waals surface area contributed by atoms with Crippen molar-refractivity contribution in [1.29, 1.82) is 0 Å². The molecule has 7 heteroatoms. The standard InChI is InChI=1S/C16H23N5O.ClH/c1-9-8-17-6-5-13(9)19-16(22)14-12(4)20-21-11(3)7-10(2)18-15(14)21;/h7,9,13,17H,5-6,8H2,1-4H3,(H,19,22);1H. The van der Waals surface area contributed by atoms with Gasteiger partial charge in [-0.3, -0.25) is 4.79 Å². The number of carbonyl (C=O) groups excluding carboxylic acids is 1. The SMILES string of the molecule is Cc1cc(C)n2nc(C)c(C(=O)NC3CCNCC3C)c2n1.Cl. The number of halogens is 1. The van der Waals surface area contributed by atoms with E-state index in [0.717, 1.165) is 36.6 Å². The molecule has 1 saturated heterocycles. The van der Waals surface area contributed by atoms with Gasteiger partial charge in [-0.1, -0.05) is 6.92 Å². The van der Waals surface area contributed by atoms with Crippen LogP contribution in [-0.2, 0) is 0 Å². The average Bonchev–Trinajstić information content (AvgIpc) is 2.78. The van der Waals surface area contributed by atoms with Gasteiger partial charge in [-0.2, -0.15) is 5.10 Å². The van der Waals surface area contributed by atoms with E-state index in [0.29, 0.717) is 17.1 Å². The first-order valence-electron chi connectivity index (χ1n) is 7.82. The lowest BCUT2D eigenvalue weighted by Gasteiger charge is -2.30. The van der Waals surface area contributed by atoms with E-state index in [-0.39, 0.29) is 24.4 Å². The molecule has 1 aliphatic rings. The number of piperidine rings is 1. The van der Waals surface area contributed by atoms with E-state index in [4.69, 9.17) is 0 Å². The normalized spacial score (nSPS) is 21.0. The Morgan fingerprint density at radius 3 is 2.83 bits per heavy atom. The maximum atomic E-state index is 12.8. The van der Waals surface area contributed by atoms with Crippen LogP contribution in [0.2, 0.25) is 0 Å². The Balaban J connectivity index is 0.00000192. The number of nitrogens with zero attached hydrogens (tertiary/aromatic N) is 3. The van der Waals surface area contributed by atoms with Crippen molar-refractivity contribution in [2.24, 2.45) is 5.92 Å². The predicted octanol–water partition coefficient (Wildman–Crippen LogP) is 1.80. The summed E-state index contributed by atoms with van der Waals surface area (Å²) < 4.78 is 1.75. The quantitative estimate of drug-likeness (QED) is 0.876. The number of aryl methyl sites for hydroxylation is 3. The molecule has 23 heavy (non-hydrogen) atoms. The molecule has 126 valence electrons. The highest BCUT2D eigenvalue weighted by Gasteiger charge is 2.26. The van der Waals surface area contributed by atoms with Crippen LogP contribution in [0.4, 0.5) is 0 Å². The number of rotatable bonds is 2. The molecule has 0 bridgehead atoms. The first kappa shape index (κ1) is 17.7. The second-order valence-corrected chi connectivity index (χ2v) is 6.28. The summed E-state index contributed by atoms with van der Waals surface area (Å²) in [5.74, 6) is 0.361. The lowest BCUT2D eigenvalue weighted by atomic mass is 9.95. The topological polar surface area (TPSA) is 71.3 Å². The van der Waals surface area contributed by atoms with E-state index in [1.54, 1.807) is 4.52 Å². The van der Waals surface area contributed by atoms with Crippen LogP contribution in [-0.4, -0.2) is 39.6 Å². The largest absolute Gasteiger partial charge is 0.349 e. The summed E-state index contributed by atoms with van der Waals surface area (Å²) in [6.45, 7) is 9.82. The molecule has 2 unspecified atom stereocenters. The highest BCUT2D eigenvalue weighted by molar-refractivity contribution is 6.01. The summed E-state index contributed by atoms with van der Waals surface area (Å²) in [4.78, 5) is 17.3. The zero-order chi connectivity index (χ0) is 15.9. The van der Waals surface area contributed by atoms with E-state index in [2.05, 4.69) is 27.6 Å². The maximum absolute atomic E-state index is 12.8. The lowest BCUT2D eigenvalue weighted by molar-refractivity contribution is 0.0915. The smallest absolute Gasteiger partial charge is 0.257 e. The summed E-state index contributed by atoms with van der Waals surface area (Å²) in [5, 5.41) is 11.0. The van der Waals surface area contributed by atoms with Crippen LogP contribution in [0.25, 0.3) is 5.65 Å². The van der Waals surface area contributed by atoms with Gasteiger partial charge in [-0.05, 0) is 52.3 Å². The Hall–Kier alpha value is -1.66. The monoisotopic (exact) mass is 337 g/mol. The maximum Gasteiger partial charge on any atom is 0.257 e. The summed E-state index contributed by atoms with van der Waals surface area (Å²) in [6.07, 6.45) is 0.955. The molecule has 0 saturated carbocycles. The van der Waals surface area contributed by atoms with E-state index < -0.39 is 0 Å². The van der Waals surface area contributed by atoms with Crippen molar-refractivity contribution in [3.63, 3.8) is 0 Å². The Labute approximate surface area is 142 Å². The molecule has 0 aromatic carbocycles. The van der Waals surface area contributed by atoms with Crippen molar-refractivity contribution >= 4 is 24.0 Å². The molecule has 1 aliphatic heterocycles. The van der Waals surface area contributed by atoms with Crippen molar-refractivity contribution in [3.8, 4) is 0 Å². The molecule has 2 aromatic heterocycles. The fraction of sp³-hybridized carbons (Fsp3) is 0.562. The van der Waals surface area contributed by atoms with E-state index in [9.17, 15) is 4.79 Å². The van der Waals surface area contributed by atoms with E-state index >= 15 is 0 Å². The molecule has 3 heterocycles. The Morgan fingerprint density at radius 2 is 2.13 bits per heavy atom. The summed E-state index contributed by atoms with van der Waals surface area (Å²) in [5.41, 5.74) is 3.85. The third kappa shape index (κ3) is 3.33. The number of hydrogen-bond acceptors (Lipinski definition) is 4. The first-order chi connectivity index (χ1) is 10.5. The van der Waals surface area contributed by atoms with Gasteiger partial charge < -0.3 is 10.6 Å². The van der Waals surface area contributed by atoms with Gasteiger partial charge in [0.05, 0.1) is 5.69 Å². The zero-order valence-corrected chi connectivity index (χ0v) is 14.8. The molecule has 0 spiro atoms. The fourth-order valence-electron chi connectivity index (χ4n) is 3.16. The summed E-state index contributed by atoms with van der Waals surface area (Å²) in [6, 6.07) is 2.17. The van der Waals surface area contributed by atoms with Crippen molar-refractivity contribution in [1.82, 2.24) is 25.2 Å². The molecule has 0 radical (unpaired) electrons. The fourth-order valence-corrected chi connectivity index (χ4v) is 3.16. The highest BCUT2D eigenvalue weighted by Crippen LogP contribution is 2.18. The van der Waals surface area contributed by atoms with Crippen LogP contribution >= 0.6 is 12.4 Å². The van der Waals surface area contributed by atoms with Gasteiger partial charge >= 0.3 is 0 Å². The van der Waals surface area contributed by atoms with Gasteiger partial charge in [0.2, 0.25) is 0 Å². The second-order valence-electron chi connectivity index (χ2n) is 6.28. The van der Waals surface area contributed by atoms with E-state index in [1.165, 1.54) is 0 Å². The van der Waals surface area contributed by atoms with Crippen molar-refractivity contribution in [3.05, 3.63) is 28.7 Å². The van der Waals surface area contributed by atoms with Gasteiger partial charge in [0.25, 0.3) is 5.91 Å². The molecule has 6 nitrogen and oxygen atoms in total. The highest BCUT2D eigenvalue weighted by atomic mass is 35.5. The van der Waals surface area contributed by atoms with Gasteiger partial charge in [0.1, 0.15) is 5.56 Å². The molecule has 2 aromatic rings. The molecule has 0 aliphatic carbocycles. The third-order valence-corrected chi connectivity index (χ3v) is 4.40. The van der Waals surface area contributed by atoms with Crippen molar-refractivity contribution in [2.45, 2.75) is 40.2 Å². The second kappa shape index (κ2) is 6.84. The number of amides is 1. The number of aromatic nitrogens is 3. The number of fused-ring (bicyclic) bond motifs is 1. The molecule has 3 rings (SSSR count). The molecule has 1 amide bonds. The Morgan fingerprint density at radius 1 is 1.39 bits per heavy atom. The third-order valence-electron chi connectivity index (χ3n) is 4.40. The minimum Gasteiger partial charge on any atom is -0.349 e. The summed E-state index contributed by atoms with van der Waals surface area (Å²) in [7, 11) is 0. The Bertz CT molecular complexity index is 727. The minimum atomic E-state index is -0.0660. The first-order valence-corrected chi connectivity index (χ1v) is 7.82. The van der Waals surface area contributed by atoms with Crippen LogP contribution in [0.5, 0.6) is 0 Å². The number of nitrogens with one attached hydrogen (secondary N) is 2. The number of carbonyl (C=O) groups is 1. The van der Waals surface area contributed by atoms with Crippen molar-refractivity contribution < 1.29 is 4.79 Å². The molecule has 2 N–H and O–H groups in total. The van der Waals surface area contributed by atoms with Crippen LogP contribution in [0.1, 0.15) is 40.8 Å². The van der Waals surface area contributed by atoms with Gasteiger partial charge in [-0.25, -0.2) is 9.50 Å². The Kier molecular flexibility index (Phi) is 5.26. The van der Waals surface area contributed by atoms with Crippen LogP contribution < -0.4 is 10.6 Å². The van der Waals surface area contributed by atoms with Gasteiger partial charge in [-0.15, -0.1) is 12.4 Å². The average molecular weight is 338 g/mol. The molecular weight excluding hydrogens is 314 g/mol. The van der Waals surface area contributed by atoms with Crippen molar-refractivity contribution in [2.75, 3.05) is 13.1 Å². The summed E-state index contributed by atoms with van der Waals surface area (Å²) >= 11 is 0. The van der Waals surface area contributed by atoms with Crippen LogP contribution in [0.3, 0.4) is 0 Å². The predicted molar refractivity (Wildman–Crippen MR) is 92.4 cm³/mol. The van der Waals surface area contributed by atoms with Gasteiger partial charge in [0, 0.05) is 17.4 Å². The molecular formula is C16H24ClN5O. The van der Waals surface area contributed by atoms with Crippen LogP contribution in [0.15, 0.2) is 6.07 Å². The lowest BCUT2D eigenvalue weighted by Crippen LogP contribution is -2.48.